The highest BCUT2D eigenvalue weighted by atomic mass is 79.9. The molecule has 1 rings (SSSR count). The third-order valence-corrected chi connectivity index (χ3v) is 3.67. The molecule has 0 radical (unpaired) electrons. The standard InChI is InChI=1S/C10H15BrN2OS/c1-3-13(10(14)7(2)12)6-8-4-5-9(11)15-8/h4-5,7H,3,6,12H2,1-2H3. The zero-order chi connectivity index (χ0) is 11.4. The predicted molar refractivity (Wildman–Crippen MR) is 66.8 cm³/mol. The van der Waals surface area contributed by atoms with Crippen molar-refractivity contribution in [2.75, 3.05) is 6.54 Å². The highest BCUT2D eigenvalue weighted by Gasteiger charge is 2.16. The summed E-state index contributed by atoms with van der Waals surface area (Å²) in [6.45, 7) is 5.02. The van der Waals surface area contributed by atoms with Gasteiger partial charge in [0.1, 0.15) is 0 Å². The van der Waals surface area contributed by atoms with E-state index in [9.17, 15) is 4.79 Å². The van der Waals surface area contributed by atoms with Crippen molar-refractivity contribution >= 4 is 33.2 Å². The van der Waals surface area contributed by atoms with Crippen molar-refractivity contribution in [1.82, 2.24) is 4.90 Å². The molecule has 2 N–H and O–H groups in total. The van der Waals surface area contributed by atoms with E-state index in [0.717, 1.165) is 8.66 Å². The van der Waals surface area contributed by atoms with Crippen molar-refractivity contribution in [3.05, 3.63) is 20.8 Å². The van der Waals surface area contributed by atoms with Gasteiger partial charge < -0.3 is 10.6 Å². The average Bonchev–Trinajstić information content (AvgIpc) is 2.59. The Morgan fingerprint density at radius 2 is 2.33 bits per heavy atom. The number of nitrogens with zero attached hydrogens (tertiary/aromatic N) is 1. The molecule has 1 amide bonds. The first kappa shape index (κ1) is 12.7. The maximum atomic E-state index is 11.7. The quantitative estimate of drug-likeness (QED) is 0.924. The lowest BCUT2D eigenvalue weighted by Gasteiger charge is -2.21. The molecule has 0 saturated carbocycles. The predicted octanol–water partition coefficient (Wildman–Crippen LogP) is 2.21. The molecule has 0 saturated heterocycles. The van der Waals surface area contributed by atoms with Gasteiger partial charge in [-0.15, -0.1) is 11.3 Å². The van der Waals surface area contributed by atoms with Crippen LogP contribution in [0, 0.1) is 0 Å². The molecule has 15 heavy (non-hydrogen) atoms. The maximum absolute atomic E-state index is 11.7. The summed E-state index contributed by atoms with van der Waals surface area (Å²) in [6.07, 6.45) is 0. The van der Waals surface area contributed by atoms with Gasteiger partial charge in [0.25, 0.3) is 0 Å². The number of nitrogens with two attached hydrogens (primary N) is 1. The van der Waals surface area contributed by atoms with Crippen molar-refractivity contribution in [3.63, 3.8) is 0 Å². The summed E-state index contributed by atoms with van der Waals surface area (Å²) in [4.78, 5) is 14.6. The van der Waals surface area contributed by atoms with Crippen LogP contribution in [-0.4, -0.2) is 23.4 Å². The minimum absolute atomic E-state index is 0.00187. The Balaban J connectivity index is 2.65. The van der Waals surface area contributed by atoms with E-state index in [-0.39, 0.29) is 5.91 Å². The van der Waals surface area contributed by atoms with Gasteiger partial charge in [-0.1, -0.05) is 0 Å². The molecule has 1 aromatic heterocycles. The summed E-state index contributed by atoms with van der Waals surface area (Å²) in [6, 6.07) is 3.59. The first-order valence-corrected chi connectivity index (χ1v) is 6.44. The largest absolute Gasteiger partial charge is 0.336 e. The van der Waals surface area contributed by atoms with Crippen molar-refractivity contribution in [2.24, 2.45) is 5.73 Å². The van der Waals surface area contributed by atoms with Gasteiger partial charge in [-0.2, -0.15) is 0 Å². The van der Waals surface area contributed by atoms with Gasteiger partial charge in [-0.3, -0.25) is 4.79 Å². The van der Waals surface area contributed by atoms with E-state index in [1.165, 1.54) is 0 Å². The summed E-state index contributed by atoms with van der Waals surface area (Å²) >= 11 is 5.04. The average molecular weight is 291 g/mol. The van der Waals surface area contributed by atoms with Crippen LogP contribution in [0.1, 0.15) is 18.7 Å². The maximum Gasteiger partial charge on any atom is 0.239 e. The second-order valence-electron chi connectivity index (χ2n) is 3.35. The van der Waals surface area contributed by atoms with Crippen LogP contribution in [0.5, 0.6) is 0 Å². The number of carbonyl (C=O) groups is 1. The molecule has 1 aromatic rings. The number of likely N-dealkylation sites (N-methyl/N-ethyl adjacent to an activating group) is 1. The lowest BCUT2D eigenvalue weighted by Crippen LogP contribution is -2.41. The van der Waals surface area contributed by atoms with Crippen LogP contribution in [0.2, 0.25) is 0 Å². The van der Waals surface area contributed by atoms with E-state index in [1.807, 2.05) is 19.1 Å². The summed E-state index contributed by atoms with van der Waals surface area (Å²) in [7, 11) is 0. The Labute approximate surface area is 102 Å². The van der Waals surface area contributed by atoms with Crippen LogP contribution in [-0.2, 0) is 11.3 Å². The Kier molecular flexibility index (Phi) is 4.76. The first-order chi connectivity index (χ1) is 7.04. The summed E-state index contributed by atoms with van der Waals surface area (Å²) in [5.74, 6) is 0.00187. The van der Waals surface area contributed by atoms with E-state index in [0.29, 0.717) is 13.1 Å². The molecule has 0 fully saturated rings. The molecular weight excluding hydrogens is 276 g/mol. The Morgan fingerprint density at radius 3 is 2.73 bits per heavy atom. The van der Waals surface area contributed by atoms with Gasteiger partial charge >= 0.3 is 0 Å². The molecule has 0 aromatic carbocycles. The number of hydrogen-bond acceptors (Lipinski definition) is 3. The number of amides is 1. The SMILES string of the molecule is CCN(Cc1ccc(Br)s1)C(=O)C(C)N. The third-order valence-electron chi connectivity index (χ3n) is 2.06. The summed E-state index contributed by atoms with van der Waals surface area (Å²) < 4.78 is 1.08. The van der Waals surface area contributed by atoms with Gasteiger partial charge in [0.2, 0.25) is 5.91 Å². The van der Waals surface area contributed by atoms with E-state index < -0.39 is 6.04 Å². The van der Waals surface area contributed by atoms with Gasteiger partial charge in [-0.05, 0) is 41.9 Å². The van der Waals surface area contributed by atoms with Crippen LogP contribution in [0.25, 0.3) is 0 Å². The highest BCUT2D eigenvalue weighted by molar-refractivity contribution is 9.11. The van der Waals surface area contributed by atoms with E-state index in [2.05, 4.69) is 15.9 Å². The zero-order valence-electron chi connectivity index (χ0n) is 8.87. The lowest BCUT2D eigenvalue weighted by molar-refractivity contribution is -0.132. The van der Waals surface area contributed by atoms with Crippen molar-refractivity contribution < 1.29 is 4.79 Å². The third kappa shape index (κ3) is 3.59. The molecule has 3 nitrogen and oxygen atoms in total. The van der Waals surface area contributed by atoms with E-state index >= 15 is 0 Å². The van der Waals surface area contributed by atoms with Crippen LogP contribution < -0.4 is 5.73 Å². The van der Waals surface area contributed by atoms with Crippen molar-refractivity contribution in [3.8, 4) is 0 Å². The molecule has 1 heterocycles. The van der Waals surface area contributed by atoms with Crippen molar-refractivity contribution in [1.29, 1.82) is 0 Å². The molecule has 0 aliphatic carbocycles. The number of carbonyl (C=O) groups excluding carboxylic acids is 1. The van der Waals surface area contributed by atoms with Crippen LogP contribution in [0.4, 0.5) is 0 Å². The molecule has 1 unspecified atom stereocenters. The zero-order valence-corrected chi connectivity index (χ0v) is 11.3. The Hall–Kier alpha value is -0.390. The van der Waals surface area contributed by atoms with Gasteiger partial charge in [0.05, 0.1) is 16.4 Å². The normalized spacial score (nSPS) is 12.5. The fourth-order valence-corrected chi connectivity index (χ4v) is 2.76. The second-order valence-corrected chi connectivity index (χ2v) is 5.89. The van der Waals surface area contributed by atoms with Gasteiger partial charge in [-0.25, -0.2) is 0 Å². The molecule has 1 atom stereocenters. The number of thiophene rings is 1. The lowest BCUT2D eigenvalue weighted by atomic mass is 10.3. The molecule has 84 valence electrons. The smallest absolute Gasteiger partial charge is 0.239 e. The minimum Gasteiger partial charge on any atom is -0.336 e. The molecule has 5 heteroatoms. The van der Waals surface area contributed by atoms with E-state index in [4.69, 9.17) is 5.73 Å². The molecule has 0 spiro atoms. The Morgan fingerprint density at radius 1 is 1.67 bits per heavy atom. The molecular formula is C10H15BrN2OS. The van der Waals surface area contributed by atoms with E-state index in [1.54, 1.807) is 23.2 Å². The van der Waals surface area contributed by atoms with Crippen LogP contribution in [0.15, 0.2) is 15.9 Å². The molecule has 0 bridgehead atoms. The number of halogens is 1. The summed E-state index contributed by atoms with van der Waals surface area (Å²) in [5.41, 5.74) is 5.57. The van der Waals surface area contributed by atoms with Crippen molar-refractivity contribution in [2.45, 2.75) is 26.4 Å². The Bertz CT molecular complexity index is 338. The van der Waals surface area contributed by atoms with Gasteiger partial charge in [0, 0.05) is 11.4 Å². The summed E-state index contributed by atoms with van der Waals surface area (Å²) in [5, 5.41) is 0. The van der Waals surface area contributed by atoms with Crippen LogP contribution >= 0.6 is 27.3 Å². The number of rotatable bonds is 4. The fourth-order valence-electron chi connectivity index (χ4n) is 1.26. The fraction of sp³-hybridized carbons (Fsp3) is 0.500. The monoisotopic (exact) mass is 290 g/mol. The second kappa shape index (κ2) is 5.63. The molecule has 0 aliphatic heterocycles. The van der Waals surface area contributed by atoms with Gasteiger partial charge in [0.15, 0.2) is 0 Å². The van der Waals surface area contributed by atoms with Crippen LogP contribution in [0.3, 0.4) is 0 Å². The first-order valence-electron chi connectivity index (χ1n) is 4.83. The highest BCUT2D eigenvalue weighted by Crippen LogP contribution is 2.23. The number of hydrogen-bond donors (Lipinski definition) is 1. The molecule has 0 aliphatic rings. The minimum atomic E-state index is -0.423. The topological polar surface area (TPSA) is 46.3 Å².